The fourth-order valence-corrected chi connectivity index (χ4v) is 2.45. The van der Waals surface area contributed by atoms with Crippen LogP contribution >= 0.6 is 0 Å². The molecule has 8 heteroatoms. The van der Waals surface area contributed by atoms with Gasteiger partial charge < -0.3 is 26.2 Å². The monoisotopic (exact) mass is 344 g/mol. The van der Waals surface area contributed by atoms with Gasteiger partial charge in [-0.25, -0.2) is 0 Å². The molecule has 3 atom stereocenters. The molecule has 6 N–H and O–H groups in total. The van der Waals surface area contributed by atoms with Crippen LogP contribution in [-0.4, -0.2) is 46.2 Å². The molecule has 0 aromatic heterocycles. The number of rotatable bonds is 6. The van der Waals surface area contributed by atoms with Gasteiger partial charge >= 0.3 is 13.1 Å². The molecule has 1 aliphatic rings. The van der Waals surface area contributed by atoms with E-state index < -0.39 is 18.6 Å². The number of hydrogen-bond acceptors (Lipinski definition) is 5. The van der Waals surface area contributed by atoms with Gasteiger partial charge in [0, 0.05) is 6.54 Å². The van der Waals surface area contributed by atoms with Gasteiger partial charge in [0.1, 0.15) is 0 Å². The van der Waals surface area contributed by atoms with Crippen LogP contribution in [0.25, 0.3) is 0 Å². The Kier molecular flexibility index (Phi) is 10.2. The third kappa shape index (κ3) is 7.64. The first-order chi connectivity index (χ1) is 11.0. The van der Waals surface area contributed by atoms with Crippen LogP contribution in [0.2, 0.25) is 6.32 Å². The Bertz CT molecular complexity index is 402. The molecule has 1 aliphatic carbocycles. The number of carboxylic acids is 1. The molecule has 24 heavy (non-hydrogen) atoms. The first kappa shape index (κ1) is 22.9. The molecule has 0 saturated heterocycles. The van der Waals surface area contributed by atoms with Crippen molar-refractivity contribution in [1.29, 1.82) is 0 Å². The predicted octanol–water partition coefficient (Wildman–Crippen LogP) is 0.846. The summed E-state index contributed by atoms with van der Waals surface area (Å²) < 4.78 is 0. The highest BCUT2D eigenvalue weighted by atomic mass is 16.4. The molecule has 0 heterocycles. The zero-order valence-electron chi connectivity index (χ0n) is 15.3. The van der Waals surface area contributed by atoms with Crippen molar-refractivity contribution in [3.63, 3.8) is 0 Å². The van der Waals surface area contributed by atoms with Gasteiger partial charge in [0.25, 0.3) is 0 Å². The van der Waals surface area contributed by atoms with Crippen molar-refractivity contribution in [1.82, 2.24) is 5.32 Å². The van der Waals surface area contributed by atoms with Crippen molar-refractivity contribution in [2.45, 2.75) is 65.2 Å². The molecule has 1 saturated carbocycles. The lowest BCUT2D eigenvalue weighted by Crippen LogP contribution is -2.56. The van der Waals surface area contributed by atoms with Crippen LogP contribution in [0.5, 0.6) is 0 Å². The summed E-state index contributed by atoms with van der Waals surface area (Å²) in [5, 5.41) is 27.8. The van der Waals surface area contributed by atoms with Crippen LogP contribution < -0.4 is 11.1 Å². The summed E-state index contributed by atoms with van der Waals surface area (Å²) in [5.74, 6) is -1.22. The van der Waals surface area contributed by atoms with Gasteiger partial charge in [-0.05, 0) is 37.9 Å². The Morgan fingerprint density at radius 2 is 1.79 bits per heavy atom. The van der Waals surface area contributed by atoms with E-state index in [0.29, 0.717) is 19.3 Å². The largest absolute Gasteiger partial charge is 0.481 e. The van der Waals surface area contributed by atoms with Gasteiger partial charge in [0.15, 0.2) is 0 Å². The molecule has 0 aromatic rings. The molecule has 1 amide bonds. The number of carboxylic acid groups (broad SMARTS) is 1. The predicted molar refractivity (Wildman–Crippen MR) is 94.2 cm³/mol. The fraction of sp³-hybridized carbons (Fsp3) is 0.875. The molecule has 0 spiro atoms. The van der Waals surface area contributed by atoms with Gasteiger partial charge in [0.2, 0.25) is 5.91 Å². The van der Waals surface area contributed by atoms with E-state index in [1.165, 1.54) is 0 Å². The van der Waals surface area contributed by atoms with Gasteiger partial charge in [0.05, 0.1) is 11.5 Å². The molecule has 0 aromatic carbocycles. The Hall–Kier alpha value is -1.12. The zero-order chi connectivity index (χ0) is 18.9. The average Bonchev–Trinajstić information content (AvgIpc) is 2.52. The summed E-state index contributed by atoms with van der Waals surface area (Å²) in [7, 11) is -1.12. The fourth-order valence-electron chi connectivity index (χ4n) is 2.45. The van der Waals surface area contributed by atoms with Gasteiger partial charge in [-0.2, -0.15) is 0 Å². The number of carbonyl (C=O) groups is 2. The van der Waals surface area contributed by atoms with E-state index in [-0.39, 0.29) is 23.7 Å². The van der Waals surface area contributed by atoms with Gasteiger partial charge in [-0.15, -0.1) is 0 Å². The SMILES string of the molecule is CC(C)C(C)(N)C(=O)NCC1CCCCC1C(=O)O.CCB(O)O. The van der Waals surface area contributed by atoms with E-state index in [1.807, 2.05) is 13.8 Å². The third-order valence-electron chi connectivity index (χ3n) is 4.80. The summed E-state index contributed by atoms with van der Waals surface area (Å²) in [5.41, 5.74) is 5.08. The molecule has 0 bridgehead atoms. The molecule has 1 rings (SSSR count). The summed E-state index contributed by atoms with van der Waals surface area (Å²) in [6.45, 7) is 7.63. The van der Waals surface area contributed by atoms with E-state index >= 15 is 0 Å². The topological polar surface area (TPSA) is 133 Å². The number of nitrogens with two attached hydrogens (primary N) is 1. The normalized spacial score (nSPS) is 22.8. The number of hydrogen-bond donors (Lipinski definition) is 5. The maximum Gasteiger partial charge on any atom is 0.451 e. The quantitative estimate of drug-likeness (QED) is 0.454. The van der Waals surface area contributed by atoms with Crippen molar-refractivity contribution >= 4 is 19.0 Å². The number of nitrogens with one attached hydrogen (secondary N) is 1. The van der Waals surface area contributed by atoms with Crippen molar-refractivity contribution in [2.75, 3.05) is 6.54 Å². The van der Waals surface area contributed by atoms with E-state index in [2.05, 4.69) is 5.32 Å². The van der Waals surface area contributed by atoms with Crippen molar-refractivity contribution in [3.05, 3.63) is 0 Å². The van der Waals surface area contributed by atoms with E-state index in [4.69, 9.17) is 15.8 Å². The van der Waals surface area contributed by atoms with Crippen molar-refractivity contribution in [2.24, 2.45) is 23.5 Å². The van der Waals surface area contributed by atoms with E-state index in [1.54, 1.807) is 13.8 Å². The number of amides is 1. The molecular weight excluding hydrogens is 311 g/mol. The first-order valence-corrected chi connectivity index (χ1v) is 8.70. The lowest BCUT2D eigenvalue weighted by molar-refractivity contribution is -0.145. The van der Waals surface area contributed by atoms with Gasteiger partial charge in [-0.3, -0.25) is 9.59 Å². The molecule has 0 aliphatic heterocycles. The number of aliphatic carboxylic acids is 1. The highest BCUT2D eigenvalue weighted by Crippen LogP contribution is 2.29. The van der Waals surface area contributed by atoms with Crippen molar-refractivity contribution < 1.29 is 24.7 Å². The Balaban J connectivity index is 0.000000922. The molecule has 140 valence electrons. The summed E-state index contributed by atoms with van der Waals surface area (Å²) >= 11 is 0. The average molecular weight is 344 g/mol. The van der Waals surface area contributed by atoms with Crippen LogP contribution in [0.1, 0.15) is 53.4 Å². The second-order valence-electron chi connectivity index (χ2n) is 7.03. The summed E-state index contributed by atoms with van der Waals surface area (Å²) in [4.78, 5) is 23.2. The highest BCUT2D eigenvalue weighted by Gasteiger charge is 2.34. The molecular formula is C16H33BN2O5. The zero-order valence-corrected chi connectivity index (χ0v) is 15.3. The molecule has 0 radical (unpaired) electrons. The van der Waals surface area contributed by atoms with Crippen LogP contribution in [0, 0.1) is 17.8 Å². The number of carbonyl (C=O) groups excluding carboxylic acids is 1. The Morgan fingerprint density at radius 3 is 2.21 bits per heavy atom. The van der Waals surface area contributed by atoms with Crippen molar-refractivity contribution in [3.8, 4) is 0 Å². The molecule has 7 nitrogen and oxygen atoms in total. The summed E-state index contributed by atoms with van der Waals surface area (Å²) in [6.07, 6.45) is 3.98. The van der Waals surface area contributed by atoms with Crippen LogP contribution in [0.3, 0.4) is 0 Å². The third-order valence-corrected chi connectivity index (χ3v) is 4.80. The summed E-state index contributed by atoms with van der Waals surface area (Å²) in [6, 6.07) is 0. The molecule has 3 unspecified atom stereocenters. The van der Waals surface area contributed by atoms with E-state index in [0.717, 1.165) is 19.3 Å². The smallest absolute Gasteiger partial charge is 0.451 e. The maximum absolute atomic E-state index is 12.0. The second-order valence-corrected chi connectivity index (χ2v) is 7.03. The minimum absolute atomic E-state index is 0.0261. The van der Waals surface area contributed by atoms with Crippen LogP contribution in [0.15, 0.2) is 0 Å². The Labute approximate surface area is 145 Å². The second kappa shape index (κ2) is 10.7. The minimum atomic E-state index is -1.12. The minimum Gasteiger partial charge on any atom is -0.481 e. The van der Waals surface area contributed by atoms with E-state index in [9.17, 15) is 14.7 Å². The molecule has 1 fully saturated rings. The lowest BCUT2D eigenvalue weighted by Gasteiger charge is -2.32. The highest BCUT2D eigenvalue weighted by molar-refractivity contribution is 6.40. The lowest BCUT2D eigenvalue weighted by atomic mass is 9.79. The van der Waals surface area contributed by atoms with Gasteiger partial charge in [-0.1, -0.05) is 33.6 Å². The maximum atomic E-state index is 12.0. The van der Waals surface area contributed by atoms with Crippen LogP contribution in [-0.2, 0) is 9.59 Å². The standard InChI is InChI=1S/C14H26N2O3.C2H7BO2/c1-9(2)14(3,15)13(19)16-8-10-6-4-5-7-11(10)12(17)18;1-2-3(4)5/h9-11H,4-8,15H2,1-3H3,(H,16,19)(H,17,18);4-5H,2H2,1H3. The first-order valence-electron chi connectivity index (χ1n) is 8.70. The van der Waals surface area contributed by atoms with Crippen LogP contribution in [0.4, 0.5) is 0 Å². The Morgan fingerprint density at radius 1 is 1.29 bits per heavy atom.